The first-order valence-electron chi connectivity index (χ1n) is 4.18. The van der Waals surface area contributed by atoms with E-state index in [1.807, 2.05) is 48.5 Å². The van der Waals surface area contributed by atoms with Crippen LogP contribution in [-0.2, 0) is 0 Å². The van der Waals surface area contributed by atoms with Gasteiger partial charge in [-0.15, -0.1) is 12.4 Å². The van der Waals surface area contributed by atoms with Crippen molar-refractivity contribution in [2.75, 3.05) is 5.32 Å². The molecule has 0 bridgehead atoms. The highest BCUT2D eigenvalue weighted by atomic mass is 35.5. The van der Waals surface area contributed by atoms with Gasteiger partial charge in [0.15, 0.2) is 0 Å². The summed E-state index contributed by atoms with van der Waals surface area (Å²) in [6.07, 6.45) is 1.77. The Labute approximate surface area is 89.4 Å². The van der Waals surface area contributed by atoms with E-state index in [1.165, 1.54) is 0 Å². The highest BCUT2D eigenvalue weighted by Crippen LogP contribution is 2.11. The Bertz CT molecular complexity index is 324. The monoisotopic (exact) mass is 206 g/mol. The molecule has 2 rings (SSSR count). The van der Waals surface area contributed by atoms with E-state index in [2.05, 4.69) is 10.3 Å². The van der Waals surface area contributed by atoms with Crippen LogP contribution < -0.4 is 5.32 Å². The van der Waals surface area contributed by atoms with Gasteiger partial charge in [-0.3, -0.25) is 0 Å². The first-order valence-corrected chi connectivity index (χ1v) is 4.18. The van der Waals surface area contributed by atoms with Crippen molar-refractivity contribution in [1.82, 2.24) is 4.98 Å². The third kappa shape index (κ3) is 2.75. The zero-order valence-electron chi connectivity index (χ0n) is 7.55. The fraction of sp³-hybridized carbons (Fsp3) is 0. The average Bonchev–Trinajstić information content (AvgIpc) is 2.21. The molecule has 0 atom stereocenters. The molecule has 0 amide bonds. The molecule has 0 fully saturated rings. The van der Waals surface area contributed by atoms with Gasteiger partial charge in [0.25, 0.3) is 0 Å². The zero-order chi connectivity index (χ0) is 8.93. The summed E-state index contributed by atoms with van der Waals surface area (Å²) in [7, 11) is 0. The van der Waals surface area contributed by atoms with Crippen LogP contribution in [0.3, 0.4) is 0 Å². The molecule has 0 aliphatic carbocycles. The number of benzene rings is 1. The van der Waals surface area contributed by atoms with E-state index in [4.69, 9.17) is 0 Å². The second kappa shape index (κ2) is 5.25. The van der Waals surface area contributed by atoms with E-state index in [9.17, 15) is 0 Å². The number of hydrogen-bond donors (Lipinski definition) is 1. The molecule has 0 saturated carbocycles. The Balaban J connectivity index is 0.000000980. The number of para-hydroxylation sites is 1. The van der Waals surface area contributed by atoms with Crippen molar-refractivity contribution < 1.29 is 0 Å². The van der Waals surface area contributed by atoms with Gasteiger partial charge < -0.3 is 5.32 Å². The molecule has 1 aromatic carbocycles. The van der Waals surface area contributed by atoms with Gasteiger partial charge in [-0.1, -0.05) is 24.3 Å². The lowest BCUT2D eigenvalue weighted by molar-refractivity contribution is 1.31. The number of anilines is 2. The summed E-state index contributed by atoms with van der Waals surface area (Å²) < 4.78 is 0. The van der Waals surface area contributed by atoms with Crippen LogP contribution in [-0.4, -0.2) is 4.98 Å². The van der Waals surface area contributed by atoms with Crippen molar-refractivity contribution in [3.63, 3.8) is 0 Å². The van der Waals surface area contributed by atoms with Crippen molar-refractivity contribution in [2.45, 2.75) is 0 Å². The molecule has 1 heterocycles. The van der Waals surface area contributed by atoms with Crippen molar-refractivity contribution >= 4 is 23.9 Å². The maximum atomic E-state index is 4.16. The molecule has 1 aromatic heterocycles. The first-order chi connectivity index (χ1) is 6.45. The summed E-state index contributed by atoms with van der Waals surface area (Å²) in [6.45, 7) is 0. The summed E-state index contributed by atoms with van der Waals surface area (Å²) in [4.78, 5) is 4.16. The quantitative estimate of drug-likeness (QED) is 0.816. The lowest BCUT2D eigenvalue weighted by Crippen LogP contribution is -1.91. The fourth-order valence-electron chi connectivity index (χ4n) is 1.11. The van der Waals surface area contributed by atoms with E-state index >= 15 is 0 Å². The van der Waals surface area contributed by atoms with Crippen LogP contribution in [0.4, 0.5) is 11.5 Å². The second-order valence-electron chi connectivity index (χ2n) is 2.71. The van der Waals surface area contributed by atoms with E-state index < -0.39 is 0 Å². The van der Waals surface area contributed by atoms with Crippen LogP contribution in [0, 0.1) is 0 Å². The maximum absolute atomic E-state index is 4.16. The molecule has 0 aliphatic rings. The molecule has 0 radical (unpaired) electrons. The number of rotatable bonds is 2. The predicted octanol–water partition coefficient (Wildman–Crippen LogP) is 3.25. The van der Waals surface area contributed by atoms with Gasteiger partial charge in [0.1, 0.15) is 5.82 Å². The number of nitrogens with one attached hydrogen (secondary N) is 1. The van der Waals surface area contributed by atoms with Gasteiger partial charge in [0.05, 0.1) is 0 Å². The van der Waals surface area contributed by atoms with Gasteiger partial charge >= 0.3 is 0 Å². The molecular formula is C11H11ClN2. The van der Waals surface area contributed by atoms with Gasteiger partial charge in [-0.05, 0) is 24.3 Å². The second-order valence-corrected chi connectivity index (χ2v) is 2.71. The molecule has 3 heteroatoms. The highest BCUT2D eigenvalue weighted by Gasteiger charge is 1.91. The molecule has 0 aliphatic heterocycles. The fourth-order valence-corrected chi connectivity index (χ4v) is 1.11. The number of halogens is 1. The van der Waals surface area contributed by atoms with Crippen molar-refractivity contribution in [2.24, 2.45) is 0 Å². The standard InChI is InChI=1S/C11H10N2.ClH/c1-2-6-10(7-3-1)13-11-8-4-5-9-12-11;/h1-9H,(H,12,13);1H. The van der Waals surface area contributed by atoms with Gasteiger partial charge in [0.2, 0.25) is 0 Å². The predicted molar refractivity (Wildman–Crippen MR) is 61.2 cm³/mol. The van der Waals surface area contributed by atoms with Gasteiger partial charge in [-0.25, -0.2) is 4.98 Å². The van der Waals surface area contributed by atoms with Gasteiger partial charge in [-0.2, -0.15) is 0 Å². The number of aromatic nitrogens is 1. The lowest BCUT2D eigenvalue weighted by Gasteiger charge is -2.03. The van der Waals surface area contributed by atoms with Crippen LogP contribution in [0.25, 0.3) is 0 Å². The minimum Gasteiger partial charge on any atom is -0.340 e. The first kappa shape index (κ1) is 10.5. The van der Waals surface area contributed by atoms with Gasteiger partial charge in [0, 0.05) is 11.9 Å². The summed E-state index contributed by atoms with van der Waals surface area (Å²) in [6, 6.07) is 15.8. The maximum Gasteiger partial charge on any atom is 0.130 e. The van der Waals surface area contributed by atoms with Crippen LogP contribution in [0.15, 0.2) is 54.7 Å². The minimum absolute atomic E-state index is 0. The molecule has 72 valence electrons. The number of nitrogens with zero attached hydrogens (tertiary/aromatic N) is 1. The Hall–Kier alpha value is -1.54. The Kier molecular flexibility index (Phi) is 3.95. The Morgan fingerprint density at radius 3 is 2.21 bits per heavy atom. The summed E-state index contributed by atoms with van der Waals surface area (Å²) in [5.74, 6) is 0.869. The van der Waals surface area contributed by atoms with Crippen molar-refractivity contribution in [3.05, 3.63) is 54.7 Å². The molecule has 2 nitrogen and oxygen atoms in total. The largest absolute Gasteiger partial charge is 0.340 e. The molecule has 0 unspecified atom stereocenters. The SMILES string of the molecule is Cl.c1ccc(Nc2ccccn2)cc1. The lowest BCUT2D eigenvalue weighted by atomic mass is 10.3. The highest BCUT2D eigenvalue weighted by molar-refractivity contribution is 5.85. The Morgan fingerprint density at radius 1 is 0.857 bits per heavy atom. The third-order valence-electron chi connectivity index (χ3n) is 1.71. The molecular weight excluding hydrogens is 196 g/mol. The average molecular weight is 207 g/mol. The third-order valence-corrected chi connectivity index (χ3v) is 1.71. The summed E-state index contributed by atoms with van der Waals surface area (Å²) in [5, 5.41) is 3.19. The normalized spacial score (nSPS) is 8.86. The number of hydrogen-bond acceptors (Lipinski definition) is 2. The molecule has 14 heavy (non-hydrogen) atoms. The summed E-state index contributed by atoms with van der Waals surface area (Å²) in [5.41, 5.74) is 1.06. The smallest absolute Gasteiger partial charge is 0.130 e. The van der Waals surface area contributed by atoms with E-state index in [-0.39, 0.29) is 12.4 Å². The zero-order valence-corrected chi connectivity index (χ0v) is 8.37. The van der Waals surface area contributed by atoms with E-state index in [1.54, 1.807) is 6.20 Å². The van der Waals surface area contributed by atoms with Crippen molar-refractivity contribution in [1.29, 1.82) is 0 Å². The molecule has 0 spiro atoms. The van der Waals surface area contributed by atoms with Crippen LogP contribution in [0.1, 0.15) is 0 Å². The number of pyridine rings is 1. The van der Waals surface area contributed by atoms with E-state index in [0.29, 0.717) is 0 Å². The Morgan fingerprint density at radius 2 is 1.57 bits per heavy atom. The minimum atomic E-state index is 0. The van der Waals surface area contributed by atoms with Crippen LogP contribution >= 0.6 is 12.4 Å². The van der Waals surface area contributed by atoms with Crippen LogP contribution in [0.2, 0.25) is 0 Å². The molecule has 2 aromatic rings. The topological polar surface area (TPSA) is 24.9 Å². The van der Waals surface area contributed by atoms with Crippen LogP contribution in [0.5, 0.6) is 0 Å². The molecule has 0 saturated heterocycles. The van der Waals surface area contributed by atoms with E-state index in [0.717, 1.165) is 11.5 Å². The summed E-state index contributed by atoms with van der Waals surface area (Å²) >= 11 is 0. The molecule has 1 N–H and O–H groups in total. The van der Waals surface area contributed by atoms with Crippen molar-refractivity contribution in [3.8, 4) is 0 Å².